The molecule has 0 saturated carbocycles. The van der Waals surface area contributed by atoms with E-state index < -0.39 is 17.5 Å². The van der Waals surface area contributed by atoms with Crippen LogP contribution in [0.15, 0.2) is 79.4 Å². The fraction of sp³-hybridized carbons (Fsp3) is 0.300. The maximum Gasteiger partial charge on any atom is 0.328 e. The third-order valence-corrected chi connectivity index (χ3v) is 7.11. The van der Waals surface area contributed by atoms with Crippen molar-refractivity contribution in [3.63, 3.8) is 0 Å². The summed E-state index contributed by atoms with van der Waals surface area (Å²) in [4.78, 5) is 35.9. The lowest BCUT2D eigenvalue weighted by atomic mass is 9.88. The Morgan fingerprint density at radius 1 is 1.07 bits per heavy atom. The summed E-state index contributed by atoms with van der Waals surface area (Å²) in [7, 11) is 2.22. The number of fused-ring (bicyclic) bond motifs is 1. The molecule has 12 heteroatoms. The van der Waals surface area contributed by atoms with Crippen LogP contribution in [0.25, 0.3) is 11.2 Å². The molecule has 42 heavy (non-hydrogen) atoms. The number of halogens is 1. The van der Waals surface area contributed by atoms with E-state index in [9.17, 15) is 9.59 Å². The average molecular weight is 595 g/mol. The number of hydrogen-bond acceptors (Lipinski definition) is 8. The number of likely N-dealkylation sites (tertiary alicyclic amines) is 1. The van der Waals surface area contributed by atoms with Gasteiger partial charge in [-0.1, -0.05) is 54.1 Å². The number of anilines is 1. The fourth-order valence-electron chi connectivity index (χ4n) is 4.53. The van der Waals surface area contributed by atoms with Gasteiger partial charge in [0.15, 0.2) is 11.5 Å². The number of imidazole rings is 1. The number of aromatic amines is 1. The number of nitrogens with two attached hydrogens (primary N) is 1. The topological polar surface area (TPSA) is 168 Å². The van der Waals surface area contributed by atoms with Crippen LogP contribution in [0.3, 0.4) is 0 Å². The molecule has 1 fully saturated rings. The van der Waals surface area contributed by atoms with E-state index in [1.54, 1.807) is 0 Å². The Bertz CT molecular complexity index is 1450. The maximum absolute atomic E-state index is 9.55. The number of nitrogens with one attached hydrogen (secondary N) is 1. The van der Waals surface area contributed by atoms with Crippen molar-refractivity contribution in [1.29, 1.82) is 0 Å². The largest absolute Gasteiger partial charge is 0.478 e. The second kappa shape index (κ2) is 15.6. The standard InChI is InChI=1S/C21H26ClNO.C5H5N5.C4H4O4/c1-21(17-7-4-3-5-8-17,18-10-12-19(22)13-11-18)24-16-14-20-9-6-15-23(20)2;6-4-3-5(9-1-7-3)10-2-8-4;5-3(6)1-2-4(7)8/h3-5,7-8,10-13,20H,6,9,14-16H2,1-2H3;1-2H,(H3,6,7,8,9,10);1-2H,(H,5,6)(H,7,8). The van der Waals surface area contributed by atoms with Crippen LogP contribution in [0.1, 0.15) is 37.3 Å². The zero-order chi connectivity index (χ0) is 30.5. The molecule has 222 valence electrons. The summed E-state index contributed by atoms with van der Waals surface area (Å²) >= 11 is 6.07. The van der Waals surface area contributed by atoms with Crippen molar-refractivity contribution in [2.45, 2.75) is 37.8 Å². The number of nitrogens with zero attached hydrogens (tertiary/aromatic N) is 4. The molecule has 3 heterocycles. The minimum Gasteiger partial charge on any atom is -0.478 e. The molecule has 5 rings (SSSR count). The van der Waals surface area contributed by atoms with Gasteiger partial charge in [-0.3, -0.25) is 0 Å². The highest BCUT2D eigenvalue weighted by Crippen LogP contribution is 2.34. The SMILES string of the molecule is CN1CCCC1CCOC(C)(c1ccccc1)c1ccc(Cl)cc1.Nc1ncnc2nc[nH]c12.O=C(O)C=CC(=O)O. The summed E-state index contributed by atoms with van der Waals surface area (Å²) in [6, 6.07) is 19.1. The molecule has 1 saturated heterocycles. The Morgan fingerprint density at radius 2 is 1.71 bits per heavy atom. The number of aliphatic carboxylic acids is 2. The molecule has 0 aliphatic carbocycles. The van der Waals surface area contributed by atoms with Gasteiger partial charge in [-0.05, 0) is 63.0 Å². The molecule has 2 atom stereocenters. The van der Waals surface area contributed by atoms with Gasteiger partial charge in [0.25, 0.3) is 0 Å². The predicted octanol–water partition coefficient (Wildman–Crippen LogP) is 4.75. The zero-order valence-electron chi connectivity index (χ0n) is 23.5. The smallest absolute Gasteiger partial charge is 0.328 e. The third-order valence-electron chi connectivity index (χ3n) is 6.85. The van der Waals surface area contributed by atoms with Crippen molar-refractivity contribution in [3.05, 3.63) is 95.6 Å². The lowest BCUT2D eigenvalue weighted by Gasteiger charge is -2.32. The lowest BCUT2D eigenvalue weighted by Crippen LogP contribution is -2.31. The number of rotatable bonds is 8. The highest BCUT2D eigenvalue weighted by atomic mass is 35.5. The molecule has 5 N–H and O–H groups in total. The van der Waals surface area contributed by atoms with Crippen LogP contribution in [-0.2, 0) is 19.9 Å². The quantitative estimate of drug-likeness (QED) is 0.209. The van der Waals surface area contributed by atoms with Crippen molar-refractivity contribution in [1.82, 2.24) is 24.8 Å². The van der Waals surface area contributed by atoms with Crippen molar-refractivity contribution in [2.24, 2.45) is 0 Å². The zero-order valence-corrected chi connectivity index (χ0v) is 24.2. The van der Waals surface area contributed by atoms with E-state index in [0.29, 0.717) is 35.2 Å². The molecule has 2 unspecified atom stereocenters. The van der Waals surface area contributed by atoms with Crippen LogP contribution in [-0.4, -0.2) is 73.2 Å². The number of aromatic nitrogens is 4. The highest BCUT2D eigenvalue weighted by Gasteiger charge is 2.30. The van der Waals surface area contributed by atoms with E-state index in [-0.39, 0.29) is 0 Å². The molecule has 4 aromatic rings. The monoisotopic (exact) mass is 594 g/mol. The predicted molar refractivity (Wildman–Crippen MR) is 161 cm³/mol. The van der Waals surface area contributed by atoms with Gasteiger partial charge in [0.1, 0.15) is 17.4 Å². The molecule has 0 bridgehead atoms. The van der Waals surface area contributed by atoms with Crippen LogP contribution in [0.5, 0.6) is 0 Å². The Hall–Kier alpha value is -4.32. The summed E-state index contributed by atoms with van der Waals surface area (Å²) in [5.74, 6) is -2.08. The molecule has 2 aromatic heterocycles. The number of carboxylic acid groups (broad SMARTS) is 2. The van der Waals surface area contributed by atoms with Gasteiger partial charge < -0.3 is 30.6 Å². The molecule has 11 nitrogen and oxygen atoms in total. The minimum absolute atomic E-state index is 0.433. The summed E-state index contributed by atoms with van der Waals surface area (Å²) in [5.41, 5.74) is 8.63. The summed E-state index contributed by atoms with van der Waals surface area (Å²) < 4.78 is 6.48. The molecule has 2 aromatic carbocycles. The Morgan fingerprint density at radius 3 is 2.29 bits per heavy atom. The van der Waals surface area contributed by atoms with Crippen molar-refractivity contribution >= 4 is 40.5 Å². The van der Waals surface area contributed by atoms with E-state index in [2.05, 4.69) is 75.2 Å². The van der Waals surface area contributed by atoms with E-state index in [0.717, 1.165) is 23.6 Å². The van der Waals surface area contributed by atoms with Crippen LogP contribution in [0.2, 0.25) is 5.02 Å². The van der Waals surface area contributed by atoms with Crippen LogP contribution in [0, 0.1) is 0 Å². The van der Waals surface area contributed by atoms with E-state index >= 15 is 0 Å². The van der Waals surface area contributed by atoms with E-state index in [1.807, 2.05) is 18.2 Å². The van der Waals surface area contributed by atoms with Gasteiger partial charge in [-0.25, -0.2) is 24.5 Å². The number of nitrogen functional groups attached to an aromatic ring is 1. The van der Waals surface area contributed by atoms with Crippen LogP contribution in [0.4, 0.5) is 5.82 Å². The summed E-state index contributed by atoms with van der Waals surface area (Å²) in [6.07, 6.45) is 7.70. The van der Waals surface area contributed by atoms with Crippen molar-refractivity contribution in [2.75, 3.05) is 25.9 Å². The highest BCUT2D eigenvalue weighted by molar-refractivity contribution is 6.30. The van der Waals surface area contributed by atoms with Crippen LogP contribution < -0.4 is 5.73 Å². The molecular formula is C30H35ClN6O5. The normalized spacial score (nSPS) is 16.2. The molecule has 0 spiro atoms. The Labute approximate surface area is 249 Å². The summed E-state index contributed by atoms with van der Waals surface area (Å²) in [6.45, 7) is 4.12. The number of carbonyl (C=O) groups is 2. The van der Waals surface area contributed by atoms with E-state index in [4.69, 9.17) is 32.3 Å². The van der Waals surface area contributed by atoms with E-state index in [1.165, 1.54) is 37.6 Å². The van der Waals surface area contributed by atoms with Crippen molar-refractivity contribution in [3.8, 4) is 0 Å². The third kappa shape index (κ3) is 9.37. The van der Waals surface area contributed by atoms with Gasteiger partial charge in [-0.2, -0.15) is 0 Å². The number of hydrogen-bond donors (Lipinski definition) is 4. The summed E-state index contributed by atoms with van der Waals surface area (Å²) in [5, 5.41) is 16.4. The molecule has 0 amide bonds. The number of benzene rings is 2. The van der Waals surface area contributed by atoms with Crippen LogP contribution >= 0.6 is 11.6 Å². The first-order valence-corrected chi connectivity index (χ1v) is 13.7. The van der Waals surface area contributed by atoms with Gasteiger partial charge >= 0.3 is 11.9 Å². The van der Waals surface area contributed by atoms with Gasteiger partial charge in [0.2, 0.25) is 0 Å². The Kier molecular flexibility index (Phi) is 12.0. The average Bonchev–Trinajstić information content (AvgIpc) is 3.63. The minimum atomic E-state index is -1.26. The van der Waals surface area contributed by atoms with Crippen molar-refractivity contribution < 1.29 is 24.5 Å². The molecular weight excluding hydrogens is 560 g/mol. The first-order valence-electron chi connectivity index (χ1n) is 13.3. The molecule has 0 radical (unpaired) electrons. The number of carboxylic acids is 2. The van der Waals surface area contributed by atoms with Gasteiger partial charge in [0.05, 0.1) is 6.33 Å². The lowest BCUT2D eigenvalue weighted by molar-refractivity contribution is -0.134. The number of H-pyrrole nitrogens is 1. The first-order chi connectivity index (χ1) is 20.1. The first kappa shape index (κ1) is 32.2. The fourth-order valence-corrected chi connectivity index (χ4v) is 4.65. The number of ether oxygens (including phenoxy) is 1. The molecule has 1 aliphatic rings. The molecule has 1 aliphatic heterocycles. The van der Waals surface area contributed by atoms with Gasteiger partial charge in [-0.15, -0.1) is 0 Å². The second-order valence-electron chi connectivity index (χ2n) is 9.69. The maximum atomic E-state index is 9.55. The Balaban J connectivity index is 0.000000219. The van der Waals surface area contributed by atoms with Gasteiger partial charge in [0, 0.05) is 29.8 Å². The second-order valence-corrected chi connectivity index (χ2v) is 10.1.